The molecule has 1 heteroatoms. The van der Waals surface area contributed by atoms with Crippen LogP contribution in [-0.2, 0) is 5.41 Å². The summed E-state index contributed by atoms with van der Waals surface area (Å²) in [5.41, 5.74) is 10.8. The number of fused-ring (bicyclic) bond motifs is 3. The first-order chi connectivity index (χ1) is 13.9. The Kier molecular flexibility index (Phi) is 4.29. The third kappa shape index (κ3) is 2.98. The lowest BCUT2D eigenvalue weighted by atomic mass is 9.81. The average molecular weight is 397 g/mol. The van der Waals surface area contributed by atoms with E-state index in [9.17, 15) is 0 Å². The first-order valence-electron chi connectivity index (χ1n) is 10.4. The zero-order valence-corrected chi connectivity index (χ0v) is 17.9. The van der Waals surface area contributed by atoms with Crippen molar-refractivity contribution >= 4 is 22.7 Å². The summed E-state index contributed by atoms with van der Waals surface area (Å²) in [6.07, 6.45) is 5.78. The molecule has 0 aliphatic heterocycles. The zero-order valence-electron chi connectivity index (χ0n) is 17.2. The predicted molar refractivity (Wildman–Crippen MR) is 125 cm³/mol. The van der Waals surface area contributed by atoms with E-state index in [0.29, 0.717) is 5.92 Å². The maximum Gasteiger partial charge on any atom is 0.0412 e. The van der Waals surface area contributed by atoms with Crippen molar-refractivity contribution in [3.63, 3.8) is 0 Å². The quantitative estimate of drug-likeness (QED) is 0.409. The van der Waals surface area contributed by atoms with Crippen LogP contribution in [0.1, 0.15) is 49.4 Å². The molecular weight excluding hydrogens is 372 g/mol. The topological polar surface area (TPSA) is 0 Å². The van der Waals surface area contributed by atoms with Gasteiger partial charge in [-0.15, -0.1) is 0 Å². The molecule has 0 fully saturated rings. The minimum absolute atomic E-state index is 0.0572. The molecule has 0 spiro atoms. The smallest absolute Gasteiger partial charge is 0.0412 e. The Hall–Kier alpha value is -2.57. The van der Waals surface area contributed by atoms with Crippen molar-refractivity contribution < 1.29 is 0 Å². The van der Waals surface area contributed by atoms with Gasteiger partial charge in [-0.25, -0.2) is 0 Å². The summed E-state index contributed by atoms with van der Waals surface area (Å²) in [6.45, 7) is 6.95. The van der Waals surface area contributed by atoms with Crippen molar-refractivity contribution in [3.8, 4) is 11.1 Å². The monoisotopic (exact) mass is 396 g/mol. The van der Waals surface area contributed by atoms with Crippen LogP contribution in [0.2, 0.25) is 5.02 Å². The van der Waals surface area contributed by atoms with E-state index in [0.717, 1.165) is 11.4 Å². The SMILES string of the molecule is CC1CC=C(c2ccc3c(c2)-c2ccccc2C3(C)C)C=C1c1cccc(Cl)c1. The Balaban J connectivity index is 1.60. The molecular formula is C28H25Cl. The van der Waals surface area contributed by atoms with Crippen LogP contribution in [-0.4, -0.2) is 0 Å². The lowest BCUT2D eigenvalue weighted by molar-refractivity contribution is 0.660. The van der Waals surface area contributed by atoms with Gasteiger partial charge in [0, 0.05) is 10.4 Å². The fourth-order valence-corrected chi connectivity index (χ4v) is 5.13. The van der Waals surface area contributed by atoms with Gasteiger partial charge in [-0.3, -0.25) is 0 Å². The highest BCUT2D eigenvalue weighted by Gasteiger charge is 2.35. The summed E-state index contributed by atoms with van der Waals surface area (Å²) in [5, 5.41) is 0.795. The number of allylic oxidation sites excluding steroid dienone is 4. The second-order valence-electron chi connectivity index (χ2n) is 8.84. The van der Waals surface area contributed by atoms with Gasteiger partial charge in [0.25, 0.3) is 0 Å². The number of hydrogen-bond acceptors (Lipinski definition) is 0. The van der Waals surface area contributed by atoms with E-state index >= 15 is 0 Å². The molecule has 144 valence electrons. The van der Waals surface area contributed by atoms with Crippen LogP contribution in [0.15, 0.2) is 78.9 Å². The van der Waals surface area contributed by atoms with Crippen molar-refractivity contribution in [2.45, 2.75) is 32.6 Å². The van der Waals surface area contributed by atoms with Crippen molar-refractivity contribution in [2.75, 3.05) is 0 Å². The average Bonchev–Trinajstić information content (AvgIpc) is 2.96. The van der Waals surface area contributed by atoms with E-state index in [1.165, 1.54) is 44.5 Å². The third-order valence-corrected chi connectivity index (χ3v) is 6.84. The minimum atomic E-state index is 0.0572. The van der Waals surface area contributed by atoms with Crippen LogP contribution in [0.3, 0.4) is 0 Å². The van der Waals surface area contributed by atoms with Crippen molar-refractivity contribution in [2.24, 2.45) is 5.92 Å². The summed E-state index contributed by atoms with van der Waals surface area (Å²) >= 11 is 6.26. The molecule has 0 saturated carbocycles. The highest BCUT2D eigenvalue weighted by Crippen LogP contribution is 2.49. The van der Waals surface area contributed by atoms with Gasteiger partial charge in [0.05, 0.1) is 0 Å². The van der Waals surface area contributed by atoms with Crippen LogP contribution >= 0.6 is 11.6 Å². The second kappa shape index (κ2) is 6.75. The summed E-state index contributed by atoms with van der Waals surface area (Å²) in [7, 11) is 0. The lowest BCUT2D eigenvalue weighted by Gasteiger charge is -2.23. The standard InChI is InChI=1S/C28H25Cl/c1-18-11-12-19(16-24(18)21-7-6-8-22(29)15-21)20-13-14-27-25(17-20)23-9-4-5-10-26(23)28(27,2)3/h4-10,12-18H,11H2,1-3H3. The molecule has 0 N–H and O–H groups in total. The predicted octanol–water partition coefficient (Wildman–Crippen LogP) is 8.15. The minimum Gasteiger partial charge on any atom is -0.0843 e. The first-order valence-corrected chi connectivity index (χ1v) is 10.8. The molecule has 3 aromatic carbocycles. The Morgan fingerprint density at radius 3 is 2.45 bits per heavy atom. The van der Waals surface area contributed by atoms with Gasteiger partial charge in [-0.1, -0.05) is 93.1 Å². The highest BCUT2D eigenvalue weighted by molar-refractivity contribution is 6.30. The summed E-state index contributed by atoms with van der Waals surface area (Å²) in [5.74, 6) is 0.492. The van der Waals surface area contributed by atoms with E-state index in [1.807, 2.05) is 12.1 Å². The van der Waals surface area contributed by atoms with Crippen LogP contribution in [0.25, 0.3) is 22.3 Å². The van der Waals surface area contributed by atoms with Gasteiger partial charge in [-0.05, 0) is 75.1 Å². The first kappa shape index (κ1) is 18.5. The van der Waals surface area contributed by atoms with Crippen molar-refractivity contribution in [1.29, 1.82) is 0 Å². The van der Waals surface area contributed by atoms with Gasteiger partial charge in [0.2, 0.25) is 0 Å². The molecule has 1 unspecified atom stereocenters. The van der Waals surface area contributed by atoms with E-state index in [2.05, 4.69) is 87.5 Å². The van der Waals surface area contributed by atoms with E-state index in [4.69, 9.17) is 11.6 Å². The summed E-state index contributed by atoms with van der Waals surface area (Å²) in [6, 6.07) is 24.1. The maximum atomic E-state index is 6.26. The summed E-state index contributed by atoms with van der Waals surface area (Å²) in [4.78, 5) is 0. The molecule has 5 rings (SSSR count). The molecule has 0 aromatic heterocycles. The van der Waals surface area contributed by atoms with Gasteiger partial charge in [0.1, 0.15) is 0 Å². The Morgan fingerprint density at radius 1 is 0.828 bits per heavy atom. The molecule has 3 aromatic rings. The fourth-order valence-electron chi connectivity index (χ4n) is 4.94. The van der Waals surface area contributed by atoms with Gasteiger partial charge >= 0.3 is 0 Å². The molecule has 0 nitrogen and oxygen atoms in total. The molecule has 0 bridgehead atoms. The Labute approximate surface area is 178 Å². The van der Waals surface area contributed by atoms with Gasteiger partial charge in [0.15, 0.2) is 0 Å². The number of benzene rings is 3. The fraction of sp³-hybridized carbons (Fsp3) is 0.214. The number of halogens is 1. The molecule has 0 radical (unpaired) electrons. The third-order valence-electron chi connectivity index (χ3n) is 6.61. The lowest BCUT2D eigenvalue weighted by Crippen LogP contribution is -2.14. The van der Waals surface area contributed by atoms with Crippen molar-refractivity contribution in [3.05, 3.63) is 106 Å². The number of hydrogen-bond donors (Lipinski definition) is 0. The molecule has 1 atom stereocenters. The summed E-state index contributed by atoms with van der Waals surface area (Å²) < 4.78 is 0. The Morgan fingerprint density at radius 2 is 1.62 bits per heavy atom. The van der Waals surface area contributed by atoms with E-state index in [1.54, 1.807) is 0 Å². The molecule has 0 heterocycles. The van der Waals surface area contributed by atoms with E-state index < -0.39 is 0 Å². The van der Waals surface area contributed by atoms with Gasteiger partial charge < -0.3 is 0 Å². The maximum absolute atomic E-state index is 6.26. The molecule has 0 amide bonds. The van der Waals surface area contributed by atoms with Crippen LogP contribution in [0, 0.1) is 5.92 Å². The van der Waals surface area contributed by atoms with Crippen LogP contribution in [0.5, 0.6) is 0 Å². The molecule has 2 aliphatic rings. The molecule has 29 heavy (non-hydrogen) atoms. The largest absolute Gasteiger partial charge is 0.0843 e. The normalized spacial score (nSPS) is 19.2. The Bertz CT molecular complexity index is 1180. The zero-order chi connectivity index (χ0) is 20.2. The van der Waals surface area contributed by atoms with Gasteiger partial charge in [-0.2, -0.15) is 0 Å². The van der Waals surface area contributed by atoms with Crippen LogP contribution < -0.4 is 0 Å². The van der Waals surface area contributed by atoms with E-state index in [-0.39, 0.29) is 5.41 Å². The van der Waals surface area contributed by atoms with Crippen LogP contribution in [0.4, 0.5) is 0 Å². The second-order valence-corrected chi connectivity index (χ2v) is 9.27. The highest BCUT2D eigenvalue weighted by atomic mass is 35.5. The van der Waals surface area contributed by atoms with Crippen molar-refractivity contribution in [1.82, 2.24) is 0 Å². The number of rotatable bonds is 2. The molecule has 2 aliphatic carbocycles. The molecule has 0 saturated heterocycles.